The van der Waals surface area contributed by atoms with E-state index in [4.69, 9.17) is 23.2 Å². The summed E-state index contributed by atoms with van der Waals surface area (Å²) in [4.78, 5) is 10.6. The lowest BCUT2D eigenvalue weighted by Crippen LogP contribution is -2.37. The lowest BCUT2D eigenvalue weighted by atomic mass is 9.96. The van der Waals surface area contributed by atoms with Crippen LogP contribution in [-0.4, -0.2) is 17.3 Å². The molecule has 2 nitrogen and oxygen atoms in total. The highest BCUT2D eigenvalue weighted by Gasteiger charge is 2.20. The first kappa shape index (κ1) is 11.1. The summed E-state index contributed by atoms with van der Waals surface area (Å²) in [6.07, 6.45) is 0. The second kappa shape index (κ2) is 4.17. The van der Waals surface area contributed by atoms with Gasteiger partial charge >= 0.3 is 0 Å². The number of nitrogens with one attached hydrogen (secondary N) is 1. The molecule has 0 aliphatic heterocycles. The van der Waals surface area contributed by atoms with Crippen LogP contribution in [-0.2, 0) is 4.79 Å². The van der Waals surface area contributed by atoms with E-state index in [-0.39, 0.29) is 11.3 Å². The fraction of sp³-hybridized carbons (Fsp3) is 0.857. The van der Waals surface area contributed by atoms with Crippen LogP contribution in [0.4, 0.5) is 0 Å². The Morgan fingerprint density at radius 3 is 2.18 bits per heavy atom. The third-order valence-electron chi connectivity index (χ3n) is 1.10. The molecule has 0 atom stereocenters. The summed E-state index contributed by atoms with van der Waals surface area (Å²) in [6.45, 7) is 5.80. The first-order valence-corrected chi connectivity index (χ1v) is 4.28. The van der Waals surface area contributed by atoms with E-state index in [1.54, 1.807) is 0 Å². The minimum absolute atomic E-state index is 0.0381. The van der Waals surface area contributed by atoms with Crippen LogP contribution >= 0.6 is 23.2 Å². The average molecular weight is 198 g/mol. The highest BCUT2D eigenvalue weighted by Crippen LogP contribution is 2.12. The summed E-state index contributed by atoms with van der Waals surface area (Å²) in [5.41, 5.74) is -0.372. The van der Waals surface area contributed by atoms with Crippen LogP contribution in [0.2, 0.25) is 0 Å². The maximum atomic E-state index is 11.1. The molecule has 66 valence electrons. The smallest absolute Gasteiger partial charge is 0.225 e. The standard InChI is InChI=1S/C7H13Cl2NO/c1-7(2,3)6(11)10-4-5(8)9/h5H,4H2,1-3H3,(H,10,11). The number of carbonyl (C=O) groups excluding carboxylic acids is 1. The zero-order valence-corrected chi connectivity index (χ0v) is 8.46. The number of rotatable bonds is 2. The van der Waals surface area contributed by atoms with E-state index in [0.29, 0.717) is 6.54 Å². The predicted molar refractivity (Wildman–Crippen MR) is 48.0 cm³/mol. The first-order chi connectivity index (χ1) is 4.84. The maximum Gasteiger partial charge on any atom is 0.225 e. The predicted octanol–water partition coefficient (Wildman–Crippen LogP) is 1.95. The fourth-order valence-corrected chi connectivity index (χ4v) is 0.589. The van der Waals surface area contributed by atoms with E-state index >= 15 is 0 Å². The van der Waals surface area contributed by atoms with E-state index in [0.717, 1.165) is 0 Å². The van der Waals surface area contributed by atoms with Gasteiger partial charge in [-0.25, -0.2) is 0 Å². The lowest BCUT2D eigenvalue weighted by molar-refractivity contribution is -0.128. The molecule has 0 fully saturated rings. The number of alkyl halides is 2. The van der Waals surface area contributed by atoms with Gasteiger partial charge in [0.2, 0.25) is 5.91 Å². The van der Waals surface area contributed by atoms with Gasteiger partial charge in [-0.1, -0.05) is 20.8 Å². The van der Waals surface area contributed by atoms with Gasteiger partial charge < -0.3 is 5.32 Å². The topological polar surface area (TPSA) is 29.1 Å². The van der Waals surface area contributed by atoms with E-state index in [1.165, 1.54) is 0 Å². The minimum Gasteiger partial charge on any atom is -0.353 e. The van der Waals surface area contributed by atoms with Gasteiger partial charge in [0, 0.05) is 12.0 Å². The Hall–Kier alpha value is 0.0500. The molecule has 0 aromatic rings. The summed E-state index contributed by atoms with van der Waals surface area (Å²) < 4.78 is 0. The average Bonchev–Trinajstić information content (AvgIpc) is 1.80. The normalized spacial score (nSPS) is 11.8. The van der Waals surface area contributed by atoms with Crippen molar-refractivity contribution in [2.24, 2.45) is 5.41 Å². The quantitative estimate of drug-likeness (QED) is 0.675. The third kappa shape index (κ3) is 5.33. The maximum absolute atomic E-state index is 11.1. The molecule has 0 saturated heterocycles. The zero-order valence-electron chi connectivity index (χ0n) is 6.95. The van der Waals surface area contributed by atoms with Crippen LogP contribution in [0.15, 0.2) is 0 Å². The zero-order chi connectivity index (χ0) is 9.07. The summed E-state index contributed by atoms with van der Waals surface area (Å²) >= 11 is 10.8. The van der Waals surface area contributed by atoms with E-state index in [9.17, 15) is 4.79 Å². The highest BCUT2D eigenvalue weighted by atomic mass is 35.5. The largest absolute Gasteiger partial charge is 0.353 e. The van der Waals surface area contributed by atoms with Gasteiger partial charge in [0.1, 0.15) is 4.84 Å². The molecule has 0 unspecified atom stereocenters. The van der Waals surface area contributed by atoms with Crippen molar-refractivity contribution < 1.29 is 4.79 Å². The summed E-state index contributed by atoms with van der Waals surface area (Å²) in [7, 11) is 0. The summed E-state index contributed by atoms with van der Waals surface area (Å²) in [5, 5.41) is 2.62. The van der Waals surface area contributed by atoms with Gasteiger partial charge in [0.25, 0.3) is 0 Å². The number of halogens is 2. The lowest BCUT2D eigenvalue weighted by Gasteiger charge is -2.17. The highest BCUT2D eigenvalue weighted by molar-refractivity contribution is 6.44. The number of hydrogen-bond acceptors (Lipinski definition) is 1. The first-order valence-electron chi connectivity index (χ1n) is 3.40. The molecule has 4 heteroatoms. The Bertz CT molecular complexity index is 140. The van der Waals surface area contributed by atoms with Gasteiger partial charge in [-0.05, 0) is 0 Å². The van der Waals surface area contributed by atoms with Gasteiger partial charge in [-0.15, -0.1) is 23.2 Å². The van der Waals surface area contributed by atoms with Crippen molar-refractivity contribution in [3.63, 3.8) is 0 Å². The molecule has 0 radical (unpaired) electrons. The molecular formula is C7H13Cl2NO. The van der Waals surface area contributed by atoms with Crippen molar-refractivity contribution in [3.05, 3.63) is 0 Å². The van der Waals surface area contributed by atoms with Crippen molar-refractivity contribution in [2.45, 2.75) is 25.6 Å². The third-order valence-corrected chi connectivity index (χ3v) is 1.41. The summed E-state index contributed by atoms with van der Waals surface area (Å²) in [6, 6.07) is 0. The van der Waals surface area contributed by atoms with Crippen molar-refractivity contribution in [1.29, 1.82) is 0 Å². The molecule has 11 heavy (non-hydrogen) atoms. The second-order valence-electron chi connectivity index (χ2n) is 3.35. The van der Waals surface area contributed by atoms with Crippen LogP contribution < -0.4 is 5.32 Å². The van der Waals surface area contributed by atoms with Crippen molar-refractivity contribution in [2.75, 3.05) is 6.54 Å². The monoisotopic (exact) mass is 197 g/mol. The van der Waals surface area contributed by atoms with E-state index in [2.05, 4.69) is 5.32 Å². The van der Waals surface area contributed by atoms with Gasteiger partial charge in [0.15, 0.2) is 0 Å². The second-order valence-corrected chi connectivity index (χ2v) is 4.63. The van der Waals surface area contributed by atoms with Crippen molar-refractivity contribution in [1.82, 2.24) is 5.32 Å². The molecule has 0 aromatic carbocycles. The molecule has 0 aromatic heterocycles. The molecule has 0 bridgehead atoms. The Morgan fingerprint density at radius 2 is 1.91 bits per heavy atom. The molecule has 0 aliphatic carbocycles. The van der Waals surface area contributed by atoms with Crippen molar-refractivity contribution in [3.8, 4) is 0 Å². The van der Waals surface area contributed by atoms with E-state index in [1.807, 2.05) is 20.8 Å². The molecule has 0 heterocycles. The molecule has 0 aliphatic rings. The van der Waals surface area contributed by atoms with Crippen LogP contribution in [0.25, 0.3) is 0 Å². The van der Waals surface area contributed by atoms with Crippen LogP contribution in [0.5, 0.6) is 0 Å². The van der Waals surface area contributed by atoms with E-state index < -0.39 is 4.84 Å². The molecular weight excluding hydrogens is 185 g/mol. The Balaban J connectivity index is 3.71. The Morgan fingerprint density at radius 1 is 1.45 bits per heavy atom. The molecule has 0 spiro atoms. The number of carbonyl (C=O) groups is 1. The fourth-order valence-electron chi connectivity index (χ4n) is 0.435. The van der Waals surface area contributed by atoms with Gasteiger partial charge in [-0.2, -0.15) is 0 Å². The Kier molecular flexibility index (Phi) is 4.19. The van der Waals surface area contributed by atoms with Crippen LogP contribution in [0, 0.1) is 5.41 Å². The van der Waals surface area contributed by atoms with Gasteiger partial charge in [-0.3, -0.25) is 4.79 Å². The molecule has 1 amide bonds. The molecule has 1 N–H and O–H groups in total. The van der Waals surface area contributed by atoms with Crippen LogP contribution in [0.3, 0.4) is 0 Å². The van der Waals surface area contributed by atoms with Gasteiger partial charge in [0.05, 0.1) is 0 Å². The Labute approximate surface area is 77.2 Å². The van der Waals surface area contributed by atoms with Crippen LogP contribution in [0.1, 0.15) is 20.8 Å². The molecule has 0 rings (SSSR count). The SMILES string of the molecule is CC(C)(C)C(=O)NCC(Cl)Cl. The minimum atomic E-state index is -0.527. The number of amides is 1. The molecule has 0 saturated carbocycles. The van der Waals surface area contributed by atoms with Crippen molar-refractivity contribution >= 4 is 29.1 Å². The summed E-state index contributed by atoms with van der Waals surface area (Å²) in [5.74, 6) is -0.0381. The number of hydrogen-bond donors (Lipinski definition) is 1.